The van der Waals surface area contributed by atoms with Crippen molar-refractivity contribution in [2.75, 3.05) is 0 Å². The van der Waals surface area contributed by atoms with E-state index in [1.165, 1.54) is 122 Å². The average molecular weight is 941 g/mol. The molecule has 2 heteroatoms. The summed E-state index contributed by atoms with van der Waals surface area (Å²) in [6, 6.07) is 106. The summed E-state index contributed by atoms with van der Waals surface area (Å²) in [5, 5.41) is 4.96. The summed E-state index contributed by atoms with van der Waals surface area (Å²) < 4.78 is 4.83. The molecule has 14 aromatic rings. The summed E-state index contributed by atoms with van der Waals surface area (Å²) in [5.74, 6) is 0. The van der Waals surface area contributed by atoms with Crippen molar-refractivity contribution in [1.82, 2.24) is 9.13 Å². The van der Waals surface area contributed by atoms with E-state index in [4.69, 9.17) is 0 Å². The molecule has 0 saturated heterocycles. The Labute approximate surface area is 431 Å². The molecule has 0 saturated carbocycles. The molecule has 74 heavy (non-hydrogen) atoms. The van der Waals surface area contributed by atoms with Crippen LogP contribution in [0.2, 0.25) is 0 Å². The largest absolute Gasteiger partial charge is 0.309 e. The van der Waals surface area contributed by atoms with Gasteiger partial charge in [0.1, 0.15) is 0 Å². The van der Waals surface area contributed by atoms with Gasteiger partial charge in [0.05, 0.1) is 22.1 Å². The maximum absolute atomic E-state index is 2.42. The second-order valence-electron chi connectivity index (χ2n) is 19.3. The summed E-state index contributed by atoms with van der Waals surface area (Å²) in [7, 11) is 0. The number of benzene rings is 12. The van der Waals surface area contributed by atoms with Crippen molar-refractivity contribution in [3.8, 4) is 89.3 Å². The van der Waals surface area contributed by atoms with Gasteiger partial charge in [-0.15, -0.1) is 0 Å². The smallest absolute Gasteiger partial charge is 0.0541 e. The zero-order valence-corrected chi connectivity index (χ0v) is 40.6. The van der Waals surface area contributed by atoms with Gasteiger partial charge in [-0.25, -0.2) is 0 Å². The number of hydrogen-bond acceptors (Lipinski definition) is 0. The fraction of sp³-hybridized carbons (Fsp3) is 0. The number of rotatable bonds is 9. The highest BCUT2D eigenvalue weighted by molar-refractivity contribution is 6.13. The lowest BCUT2D eigenvalue weighted by atomic mass is 9.95. The van der Waals surface area contributed by atoms with Gasteiger partial charge < -0.3 is 9.13 Å². The fourth-order valence-corrected chi connectivity index (χ4v) is 11.2. The molecule has 0 amide bonds. The summed E-state index contributed by atoms with van der Waals surface area (Å²) in [6.07, 6.45) is 0. The second-order valence-corrected chi connectivity index (χ2v) is 19.3. The standard InChI is InChI=1S/C72H48N2/c1-3-15-49(16-4-1)54-19-11-22-57(43-54)58-23-13-21-56(45-58)53-33-31-51(32-34-53)52-35-39-63(40-36-52)73-69-29-9-7-27-65(69)67-47-61(37-41-71(67)73)62-38-42-72-68(48-62)66-28-8-10-30-70(66)74(72)64-26-14-25-60(46-64)59-24-12-20-55(44-59)50-17-5-2-6-18-50/h1-48H. The van der Waals surface area contributed by atoms with Crippen LogP contribution in [-0.4, -0.2) is 9.13 Å². The van der Waals surface area contributed by atoms with Gasteiger partial charge in [-0.05, 0) is 157 Å². The molecule has 0 aliphatic heterocycles. The first-order valence-electron chi connectivity index (χ1n) is 25.5. The summed E-state index contributed by atoms with van der Waals surface area (Å²) >= 11 is 0. The average Bonchev–Trinajstić information content (AvgIpc) is 4.00. The van der Waals surface area contributed by atoms with Crippen molar-refractivity contribution < 1.29 is 0 Å². The van der Waals surface area contributed by atoms with Crippen LogP contribution < -0.4 is 0 Å². The van der Waals surface area contributed by atoms with E-state index in [1.54, 1.807) is 0 Å². The third-order valence-electron chi connectivity index (χ3n) is 14.9. The first-order chi connectivity index (χ1) is 36.7. The predicted octanol–water partition coefficient (Wildman–Crippen LogP) is 19.5. The van der Waals surface area contributed by atoms with Crippen LogP contribution in [0.25, 0.3) is 133 Å². The van der Waals surface area contributed by atoms with Crippen LogP contribution in [0.5, 0.6) is 0 Å². The van der Waals surface area contributed by atoms with Crippen molar-refractivity contribution in [3.63, 3.8) is 0 Å². The molecule has 0 radical (unpaired) electrons. The minimum Gasteiger partial charge on any atom is -0.309 e. The molecule has 0 aliphatic carbocycles. The number of hydrogen-bond donors (Lipinski definition) is 0. The number of nitrogens with zero attached hydrogens (tertiary/aromatic N) is 2. The Morgan fingerprint density at radius 3 is 0.892 bits per heavy atom. The van der Waals surface area contributed by atoms with Gasteiger partial charge in [0.2, 0.25) is 0 Å². The van der Waals surface area contributed by atoms with Gasteiger partial charge in [0.25, 0.3) is 0 Å². The van der Waals surface area contributed by atoms with E-state index in [1.807, 2.05) is 0 Å². The normalized spacial score (nSPS) is 11.5. The Morgan fingerprint density at radius 2 is 0.432 bits per heavy atom. The van der Waals surface area contributed by atoms with Crippen LogP contribution in [0.4, 0.5) is 0 Å². The maximum Gasteiger partial charge on any atom is 0.0541 e. The van der Waals surface area contributed by atoms with E-state index < -0.39 is 0 Å². The zero-order valence-electron chi connectivity index (χ0n) is 40.6. The van der Waals surface area contributed by atoms with E-state index in [2.05, 4.69) is 300 Å². The fourth-order valence-electron chi connectivity index (χ4n) is 11.2. The molecule has 12 aromatic carbocycles. The quantitative estimate of drug-likeness (QED) is 0.136. The number of fused-ring (bicyclic) bond motifs is 6. The van der Waals surface area contributed by atoms with Crippen molar-refractivity contribution in [1.29, 1.82) is 0 Å². The molecule has 2 nitrogen and oxygen atoms in total. The van der Waals surface area contributed by atoms with E-state index in [9.17, 15) is 0 Å². The third-order valence-corrected chi connectivity index (χ3v) is 14.9. The Kier molecular flexibility index (Phi) is 10.6. The lowest BCUT2D eigenvalue weighted by molar-refractivity contribution is 1.18. The molecule has 346 valence electrons. The monoisotopic (exact) mass is 940 g/mol. The Hall–Kier alpha value is -9.76. The third kappa shape index (κ3) is 7.69. The summed E-state index contributed by atoms with van der Waals surface area (Å²) in [6.45, 7) is 0. The van der Waals surface area contributed by atoms with E-state index >= 15 is 0 Å². The molecule has 0 spiro atoms. The second kappa shape index (κ2) is 18.1. The SMILES string of the molecule is c1ccc(-c2cccc(-c3cccc(-c4ccc(-c5ccc(-n6c7ccccc7c7cc(-c8ccc9c(c8)c8ccccc8n9-c8cccc(-c9cccc(-c%10ccccc%10)c9)c8)ccc76)cc5)cc4)c3)c2)cc1. The lowest BCUT2D eigenvalue weighted by Crippen LogP contribution is -1.94. The van der Waals surface area contributed by atoms with Crippen LogP contribution in [0.3, 0.4) is 0 Å². The molecule has 0 atom stereocenters. The van der Waals surface area contributed by atoms with Gasteiger partial charge in [0.15, 0.2) is 0 Å². The van der Waals surface area contributed by atoms with Crippen LogP contribution in [-0.2, 0) is 0 Å². The molecule has 0 fully saturated rings. The Bertz CT molecular complexity index is 4390. The molecule has 0 N–H and O–H groups in total. The molecule has 14 rings (SSSR count). The van der Waals surface area contributed by atoms with Gasteiger partial charge >= 0.3 is 0 Å². The first kappa shape index (κ1) is 43.1. The molecule has 2 heterocycles. The van der Waals surface area contributed by atoms with Crippen molar-refractivity contribution in [2.45, 2.75) is 0 Å². The van der Waals surface area contributed by atoms with Crippen LogP contribution in [0, 0.1) is 0 Å². The molecule has 0 unspecified atom stereocenters. The number of aromatic nitrogens is 2. The Morgan fingerprint density at radius 1 is 0.149 bits per heavy atom. The summed E-state index contributed by atoms with van der Waals surface area (Å²) in [5.41, 5.74) is 23.9. The molecule has 0 aliphatic rings. The van der Waals surface area contributed by atoms with Crippen molar-refractivity contribution in [2.24, 2.45) is 0 Å². The number of para-hydroxylation sites is 2. The molecule has 0 bridgehead atoms. The highest BCUT2D eigenvalue weighted by atomic mass is 15.0. The van der Waals surface area contributed by atoms with Crippen LogP contribution in [0.15, 0.2) is 291 Å². The zero-order chi connectivity index (χ0) is 49.0. The highest BCUT2D eigenvalue weighted by Gasteiger charge is 2.17. The molecular formula is C72H48N2. The predicted molar refractivity (Wildman–Crippen MR) is 313 cm³/mol. The topological polar surface area (TPSA) is 9.86 Å². The lowest BCUT2D eigenvalue weighted by Gasteiger charge is -2.12. The van der Waals surface area contributed by atoms with Crippen molar-refractivity contribution in [3.05, 3.63) is 291 Å². The van der Waals surface area contributed by atoms with Gasteiger partial charge in [-0.2, -0.15) is 0 Å². The first-order valence-corrected chi connectivity index (χ1v) is 25.5. The molecule has 2 aromatic heterocycles. The van der Waals surface area contributed by atoms with Gasteiger partial charge in [-0.3, -0.25) is 0 Å². The highest BCUT2D eigenvalue weighted by Crippen LogP contribution is 2.40. The van der Waals surface area contributed by atoms with Gasteiger partial charge in [-0.1, -0.05) is 212 Å². The minimum absolute atomic E-state index is 1.14. The Balaban J connectivity index is 0.761. The van der Waals surface area contributed by atoms with Gasteiger partial charge in [0, 0.05) is 32.9 Å². The minimum atomic E-state index is 1.14. The van der Waals surface area contributed by atoms with E-state index in [0.29, 0.717) is 0 Å². The van der Waals surface area contributed by atoms with E-state index in [0.717, 1.165) is 11.4 Å². The maximum atomic E-state index is 2.42. The van der Waals surface area contributed by atoms with E-state index in [-0.39, 0.29) is 0 Å². The summed E-state index contributed by atoms with van der Waals surface area (Å²) in [4.78, 5) is 0. The van der Waals surface area contributed by atoms with Crippen molar-refractivity contribution >= 4 is 43.6 Å². The van der Waals surface area contributed by atoms with Crippen LogP contribution >= 0.6 is 0 Å². The molecular weight excluding hydrogens is 893 g/mol. The van der Waals surface area contributed by atoms with Crippen LogP contribution in [0.1, 0.15) is 0 Å².